The Hall–Kier alpha value is -1.39. The molecule has 1 aliphatic heterocycles. The number of esters is 1. The standard InChI is InChI=1S/C13H16O4/c1-10(14)15-8-12-9-16-13(2,17-12)11-6-4-3-5-7-11/h3-7,12H,8-9H2,1-2H3/t12-,13-/m0/s1. The van der Waals surface area contributed by atoms with Gasteiger partial charge in [-0.25, -0.2) is 0 Å². The SMILES string of the molecule is CC(=O)OC[C@H]1CO[C@](C)(c2ccccc2)O1. The highest BCUT2D eigenvalue weighted by Crippen LogP contribution is 2.33. The minimum Gasteiger partial charge on any atom is -0.463 e. The van der Waals surface area contributed by atoms with Gasteiger partial charge in [0.25, 0.3) is 0 Å². The Kier molecular flexibility index (Phi) is 3.45. The molecule has 2 atom stereocenters. The molecular formula is C13H16O4. The van der Waals surface area contributed by atoms with Crippen molar-refractivity contribution in [3.8, 4) is 0 Å². The number of hydrogen-bond donors (Lipinski definition) is 0. The monoisotopic (exact) mass is 236 g/mol. The van der Waals surface area contributed by atoms with Crippen LogP contribution in [0.15, 0.2) is 30.3 Å². The van der Waals surface area contributed by atoms with E-state index in [2.05, 4.69) is 0 Å². The van der Waals surface area contributed by atoms with Gasteiger partial charge in [-0.1, -0.05) is 30.3 Å². The van der Waals surface area contributed by atoms with Crippen molar-refractivity contribution in [3.05, 3.63) is 35.9 Å². The van der Waals surface area contributed by atoms with Crippen molar-refractivity contribution in [2.75, 3.05) is 13.2 Å². The fourth-order valence-electron chi connectivity index (χ4n) is 1.82. The Morgan fingerprint density at radius 1 is 1.47 bits per heavy atom. The van der Waals surface area contributed by atoms with Crippen molar-refractivity contribution in [1.29, 1.82) is 0 Å². The van der Waals surface area contributed by atoms with E-state index < -0.39 is 5.79 Å². The smallest absolute Gasteiger partial charge is 0.302 e. The molecule has 1 aliphatic rings. The van der Waals surface area contributed by atoms with E-state index in [0.717, 1.165) is 5.56 Å². The van der Waals surface area contributed by atoms with E-state index in [-0.39, 0.29) is 18.7 Å². The topological polar surface area (TPSA) is 44.8 Å². The van der Waals surface area contributed by atoms with Crippen molar-refractivity contribution in [1.82, 2.24) is 0 Å². The van der Waals surface area contributed by atoms with E-state index in [1.807, 2.05) is 37.3 Å². The highest BCUT2D eigenvalue weighted by Gasteiger charge is 2.39. The third-order valence-corrected chi connectivity index (χ3v) is 2.71. The highest BCUT2D eigenvalue weighted by molar-refractivity contribution is 5.65. The van der Waals surface area contributed by atoms with Crippen LogP contribution in [0.3, 0.4) is 0 Å². The van der Waals surface area contributed by atoms with Gasteiger partial charge in [0.05, 0.1) is 6.61 Å². The van der Waals surface area contributed by atoms with Gasteiger partial charge in [-0.15, -0.1) is 0 Å². The molecule has 1 saturated heterocycles. The van der Waals surface area contributed by atoms with Gasteiger partial charge in [0, 0.05) is 12.5 Å². The first-order valence-corrected chi connectivity index (χ1v) is 5.61. The summed E-state index contributed by atoms with van der Waals surface area (Å²) in [6.45, 7) is 3.92. The van der Waals surface area contributed by atoms with Gasteiger partial charge < -0.3 is 14.2 Å². The lowest BCUT2D eigenvalue weighted by atomic mass is 10.1. The normalized spacial score (nSPS) is 28.0. The molecule has 0 spiro atoms. The van der Waals surface area contributed by atoms with Crippen LogP contribution in [0, 0.1) is 0 Å². The van der Waals surface area contributed by atoms with Gasteiger partial charge in [0.15, 0.2) is 5.79 Å². The van der Waals surface area contributed by atoms with Crippen molar-refractivity contribution < 1.29 is 19.0 Å². The number of hydrogen-bond acceptors (Lipinski definition) is 4. The van der Waals surface area contributed by atoms with Crippen LogP contribution in [0.4, 0.5) is 0 Å². The number of rotatable bonds is 3. The van der Waals surface area contributed by atoms with Crippen molar-refractivity contribution >= 4 is 5.97 Å². The van der Waals surface area contributed by atoms with Crippen LogP contribution in [0.2, 0.25) is 0 Å². The summed E-state index contributed by atoms with van der Waals surface area (Å²) in [6, 6.07) is 9.72. The van der Waals surface area contributed by atoms with Gasteiger partial charge in [-0.3, -0.25) is 4.79 Å². The predicted molar refractivity (Wildman–Crippen MR) is 61.3 cm³/mol. The van der Waals surface area contributed by atoms with Gasteiger partial charge in [0.2, 0.25) is 0 Å². The molecule has 0 unspecified atom stereocenters. The molecule has 1 heterocycles. The second-order valence-corrected chi connectivity index (χ2v) is 4.17. The summed E-state index contributed by atoms with van der Waals surface area (Å²) in [5, 5.41) is 0. The average Bonchev–Trinajstić information content (AvgIpc) is 2.71. The zero-order valence-corrected chi connectivity index (χ0v) is 10.0. The lowest BCUT2D eigenvalue weighted by Crippen LogP contribution is -2.26. The highest BCUT2D eigenvalue weighted by atomic mass is 16.7. The van der Waals surface area contributed by atoms with Crippen molar-refractivity contribution in [2.24, 2.45) is 0 Å². The van der Waals surface area contributed by atoms with Crippen LogP contribution in [-0.4, -0.2) is 25.3 Å². The Balaban J connectivity index is 1.99. The van der Waals surface area contributed by atoms with E-state index in [1.165, 1.54) is 6.92 Å². The predicted octanol–water partition coefficient (Wildman–Crippen LogP) is 1.84. The maximum atomic E-state index is 10.7. The first-order chi connectivity index (χ1) is 8.10. The number of carbonyl (C=O) groups is 1. The molecule has 1 aromatic carbocycles. The molecule has 1 aromatic rings. The second-order valence-electron chi connectivity index (χ2n) is 4.17. The van der Waals surface area contributed by atoms with E-state index in [1.54, 1.807) is 0 Å². The van der Waals surface area contributed by atoms with Crippen LogP contribution in [-0.2, 0) is 24.8 Å². The molecular weight excluding hydrogens is 220 g/mol. The summed E-state index contributed by atoms with van der Waals surface area (Å²) in [5.74, 6) is -1.05. The molecule has 92 valence electrons. The molecule has 0 amide bonds. The Bertz CT molecular complexity index is 390. The molecule has 1 fully saturated rings. The molecule has 2 rings (SSSR count). The second kappa shape index (κ2) is 4.85. The number of carbonyl (C=O) groups excluding carboxylic acids is 1. The Labute approximate surface area is 100 Å². The molecule has 0 bridgehead atoms. The first kappa shape index (κ1) is 12.1. The molecule has 0 aromatic heterocycles. The van der Waals surface area contributed by atoms with Gasteiger partial charge in [-0.2, -0.15) is 0 Å². The summed E-state index contributed by atoms with van der Waals surface area (Å²) in [6.07, 6.45) is -0.205. The van der Waals surface area contributed by atoms with Gasteiger partial charge >= 0.3 is 5.97 Å². The average molecular weight is 236 g/mol. The van der Waals surface area contributed by atoms with E-state index in [9.17, 15) is 4.79 Å². The summed E-state index contributed by atoms with van der Waals surface area (Å²) < 4.78 is 16.4. The van der Waals surface area contributed by atoms with Crippen LogP contribution in [0.1, 0.15) is 19.4 Å². The number of ether oxygens (including phenoxy) is 3. The van der Waals surface area contributed by atoms with Gasteiger partial charge in [0.1, 0.15) is 12.7 Å². The zero-order valence-electron chi connectivity index (χ0n) is 10.0. The molecule has 0 aliphatic carbocycles. The van der Waals surface area contributed by atoms with E-state index in [4.69, 9.17) is 14.2 Å². The van der Waals surface area contributed by atoms with Crippen LogP contribution in [0.25, 0.3) is 0 Å². The van der Waals surface area contributed by atoms with Crippen LogP contribution >= 0.6 is 0 Å². The lowest BCUT2D eigenvalue weighted by molar-refractivity contribution is -0.171. The molecule has 4 heteroatoms. The van der Waals surface area contributed by atoms with Crippen molar-refractivity contribution in [2.45, 2.75) is 25.7 Å². The third-order valence-electron chi connectivity index (χ3n) is 2.71. The fourth-order valence-corrected chi connectivity index (χ4v) is 1.82. The Morgan fingerprint density at radius 3 is 2.82 bits per heavy atom. The van der Waals surface area contributed by atoms with Crippen LogP contribution in [0.5, 0.6) is 0 Å². The fraction of sp³-hybridized carbons (Fsp3) is 0.462. The molecule has 0 saturated carbocycles. The molecule has 17 heavy (non-hydrogen) atoms. The summed E-state index contributed by atoms with van der Waals surface area (Å²) >= 11 is 0. The maximum absolute atomic E-state index is 10.7. The maximum Gasteiger partial charge on any atom is 0.302 e. The molecule has 0 N–H and O–H groups in total. The minimum atomic E-state index is -0.744. The number of benzene rings is 1. The van der Waals surface area contributed by atoms with Crippen LogP contribution < -0.4 is 0 Å². The quantitative estimate of drug-likeness (QED) is 0.751. The molecule has 4 nitrogen and oxygen atoms in total. The minimum absolute atomic E-state index is 0.205. The van der Waals surface area contributed by atoms with Gasteiger partial charge in [-0.05, 0) is 6.92 Å². The zero-order chi connectivity index (χ0) is 12.3. The largest absolute Gasteiger partial charge is 0.463 e. The van der Waals surface area contributed by atoms with E-state index in [0.29, 0.717) is 6.61 Å². The lowest BCUT2D eigenvalue weighted by Gasteiger charge is -2.23. The molecule has 0 radical (unpaired) electrons. The summed E-state index contributed by atoms with van der Waals surface area (Å²) in [7, 11) is 0. The first-order valence-electron chi connectivity index (χ1n) is 5.61. The summed E-state index contributed by atoms with van der Waals surface area (Å²) in [4.78, 5) is 10.7. The summed E-state index contributed by atoms with van der Waals surface area (Å²) in [5.41, 5.74) is 0.963. The van der Waals surface area contributed by atoms with E-state index >= 15 is 0 Å². The van der Waals surface area contributed by atoms with Crippen molar-refractivity contribution in [3.63, 3.8) is 0 Å². The third kappa shape index (κ3) is 2.84. The Morgan fingerprint density at radius 2 is 2.18 bits per heavy atom.